The Labute approximate surface area is 111 Å². The second-order valence-electron chi connectivity index (χ2n) is 3.50. The molecule has 3 N–H and O–H groups in total. The minimum Gasteiger partial charge on any atom is -0.508 e. The van der Waals surface area contributed by atoms with Crippen molar-refractivity contribution >= 4 is 27.7 Å². The number of nitrogens with zero attached hydrogens (tertiary/aromatic N) is 1. The topological polar surface area (TPSA) is 82.5 Å². The normalized spacial score (nSPS) is 10.1. The number of carbonyl (C=O) groups excluding carboxylic acids is 1. The highest BCUT2D eigenvalue weighted by molar-refractivity contribution is 9.10. The van der Waals surface area contributed by atoms with E-state index in [9.17, 15) is 15.0 Å². The summed E-state index contributed by atoms with van der Waals surface area (Å²) in [6.45, 7) is 0. The summed E-state index contributed by atoms with van der Waals surface area (Å²) < 4.78 is 0.584. The van der Waals surface area contributed by atoms with Crippen LogP contribution < -0.4 is 5.32 Å². The van der Waals surface area contributed by atoms with E-state index in [1.165, 1.54) is 18.2 Å². The van der Waals surface area contributed by atoms with Crippen molar-refractivity contribution in [2.75, 3.05) is 5.32 Å². The van der Waals surface area contributed by atoms with Crippen LogP contribution in [0.5, 0.6) is 11.5 Å². The second-order valence-corrected chi connectivity index (χ2v) is 4.31. The van der Waals surface area contributed by atoms with E-state index in [1.807, 2.05) is 0 Å². The lowest BCUT2D eigenvalue weighted by atomic mass is 10.2. The van der Waals surface area contributed by atoms with Gasteiger partial charge in [0.15, 0.2) is 0 Å². The highest BCUT2D eigenvalue weighted by Crippen LogP contribution is 2.23. The van der Waals surface area contributed by atoms with Gasteiger partial charge in [0.1, 0.15) is 21.9 Å². The highest BCUT2D eigenvalue weighted by Gasteiger charge is 2.12. The molecule has 2 aromatic rings. The molecule has 0 aliphatic rings. The zero-order valence-electron chi connectivity index (χ0n) is 9.09. The summed E-state index contributed by atoms with van der Waals surface area (Å²) in [4.78, 5) is 15.9. The van der Waals surface area contributed by atoms with Crippen molar-refractivity contribution in [3.05, 3.63) is 46.6 Å². The van der Waals surface area contributed by atoms with Gasteiger partial charge in [0.2, 0.25) is 0 Å². The van der Waals surface area contributed by atoms with Crippen LogP contribution >= 0.6 is 15.9 Å². The van der Waals surface area contributed by atoms with Gasteiger partial charge in [-0.3, -0.25) is 4.79 Å². The van der Waals surface area contributed by atoms with Gasteiger partial charge >= 0.3 is 0 Å². The first-order chi connectivity index (χ1) is 8.56. The van der Waals surface area contributed by atoms with Crippen LogP contribution in [-0.2, 0) is 0 Å². The summed E-state index contributed by atoms with van der Waals surface area (Å²) in [5, 5.41) is 21.3. The van der Waals surface area contributed by atoms with E-state index in [2.05, 4.69) is 26.2 Å². The first-order valence-electron chi connectivity index (χ1n) is 5.02. The number of carbonyl (C=O) groups is 1. The molecular weight excluding hydrogens is 300 g/mol. The Kier molecular flexibility index (Phi) is 3.47. The minimum atomic E-state index is -0.547. The molecule has 6 heteroatoms. The van der Waals surface area contributed by atoms with Gasteiger partial charge in [0.25, 0.3) is 5.91 Å². The number of hydrogen-bond donors (Lipinski definition) is 3. The number of phenolic OH excluding ortho intramolecular Hbond substituents is 2. The Bertz CT molecular complexity index is 602. The molecule has 0 unspecified atom stereocenters. The first-order valence-corrected chi connectivity index (χ1v) is 5.81. The molecule has 0 spiro atoms. The van der Waals surface area contributed by atoms with Crippen LogP contribution in [0.2, 0.25) is 0 Å². The summed E-state index contributed by atoms with van der Waals surface area (Å²) in [6, 6.07) is 8.78. The molecule has 5 nitrogen and oxygen atoms in total. The van der Waals surface area contributed by atoms with E-state index in [-0.39, 0.29) is 17.1 Å². The fraction of sp³-hybridized carbons (Fsp3) is 0. The summed E-state index contributed by atoms with van der Waals surface area (Å²) in [6.07, 6.45) is 0. The molecule has 2 rings (SSSR count). The summed E-state index contributed by atoms with van der Waals surface area (Å²) in [7, 11) is 0. The number of benzene rings is 1. The number of nitrogens with one attached hydrogen (secondary N) is 1. The second kappa shape index (κ2) is 5.05. The Balaban J connectivity index is 2.24. The molecule has 92 valence electrons. The van der Waals surface area contributed by atoms with Gasteiger partial charge in [0, 0.05) is 0 Å². The molecule has 1 amide bonds. The van der Waals surface area contributed by atoms with E-state index < -0.39 is 5.91 Å². The van der Waals surface area contributed by atoms with Crippen LogP contribution in [-0.4, -0.2) is 21.1 Å². The molecular formula is C12H9BrN2O3. The fourth-order valence-electron chi connectivity index (χ4n) is 1.37. The van der Waals surface area contributed by atoms with Gasteiger partial charge in [-0.05, 0) is 46.3 Å². The van der Waals surface area contributed by atoms with Crippen LogP contribution in [0, 0.1) is 0 Å². The monoisotopic (exact) mass is 308 g/mol. The number of halogens is 1. The zero-order valence-corrected chi connectivity index (χ0v) is 10.7. The maximum Gasteiger partial charge on any atom is 0.260 e. The number of pyridine rings is 1. The average molecular weight is 309 g/mol. The molecule has 0 aliphatic heterocycles. The summed E-state index contributed by atoms with van der Waals surface area (Å²) in [5.74, 6) is -0.508. The number of amides is 1. The third-order valence-corrected chi connectivity index (χ3v) is 2.62. The average Bonchev–Trinajstić information content (AvgIpc) is 2.32. The van der Waals surface area contributed by atoms with Gasteiger partial charge in [-0.2, -0.15) is 0 Å². The van der Waals surface area contributed by atoms with Crippen molar-refractivity contribution in [2.45, 2.75) is 0 Å². The lowest BCUT2D eigenvalue weighted by Crippen LogP contribution is -2.13. The van der Waals surface area contributed by atoms with Crippen molar-refractivity contribution in [2.24, 2.45) is 0 Å². The lowest BCUT2D eigenvalue weighted by molar-refractivity contribution is 0.102. The largest absolute Gasteiger partial charge is 0.508 e. The van der Waals surface area contributed by atoms with Crippen molar-refractivity contribution in [3.8, 4) is 11.5 Å². The van der Waals surface area contributed by atoms with Gasteiger partial charge in [-0.25, -0.2) is 4.98 Å². The predicted octanol–water partition coefficient (Wildman–Crippen LogP) is 2.51. The maximum absolute atomic E-state index is 11.9. The van der Waals surface area contributed by atoms with Gasteiger partial charge in [0.05, 0.1) is 5.56 Å². The molecule has 1 aromatic heterocycles. The zero-order chi connectivity index (χ0) is 13.1. The molecule has 0 fully saturated rings. The standard InChI is InChI=1S/C12H9BrN2O3/c13-10-2-1-3-11(14-10)15-12(18)8-6-7(16)4-5-9(8)17/h1-6,16-17H,(H,14,15,18). The number of aromatic hydroxyl groups is 2. The van der Waals surface area contributed by atoms with Crippen LogP contribution in [0.4, 0.5) is 5.82 Å². The number of anilines is 1. The Morgan fingerprint density at radius 1 is 1.22 bits per heavy atom. The minimum absolute atomic E-state index is 0.0169. The Morgan fingerprint density at radius 2 is 2.00 bits per heavy atom. The molecule has 0 atom stereocenters. The number of phenols is 2. The molecule has 18 heavy (non-hydrogen) atoms. The third kappa shape index (κ3) is 2.78. The third-order valence-electron chi connectivity index (χ3n) is 2.18. The van der Waals surface area contributed by atoms with Crippen molar-refractivity contribution in [1.82, 2.24) is 4.98 Å². The molecule has 0 radical (unpaired) electrons. The Hall–Kier alpha value is -2.08. The molecule has 0 saturated carbocycles. The van der Waals surface area contributed by atoms with E-state index >= 15 is 0 Å². The van der Waals surface area contributed by atoms with E-state index in [0.29, 0.717) is 10.4 Å². The number of rotatable bonds is 2. The predicted molar refractivity (Wildman–Crippen MR) is 69.7 cm³/mol. The van der Waals surface area contributed by atoms with Crippen LogP contribution in [0.1, 0.15) is 10.4 Å². The molecule has 0 aliphatic carbocycles. The maximum atomic E-state index is 11.9. The van der Waals surface area contributed by atoms with Gasteiger partial charge in [-0.1, -0.05) is 6.07 Å². The fourth-order valence-corrected chi connectivity index (χ4v) is 1.71. The number of aromatic nitrogens is 1. The quantitative estimate of drug-likeness (QED) is 0.588. The van der Waals surface area contributed by atoms with Crippen LogP contribution in [0.3, 0.4) is 0 Å². The molecule has 1 aromatic carbocycles. The van der Waals surface area contributed by atoms with Crippen molar-refractivity contribution in [1.29, 1.82) is 0 Å². The summed E-state index contributed by atoms with van der Waals surface area (Å²) in [5.41, 5.74) is -0.0169. The van der Waals surface area contributed by atoms with Crippen LogP contribution in [0.25, 0.3) is 0 Å². The Morgan fingerprint density at radius 3 is 2.72 bits per heavy atom. The molecule has 0 saturated heterocycles. The smallest absolute Gasteiger partial charge is 0.260 e. The van der Waals surface area contributed by atoms with Gasteiger partial charge < -0.3 is 15.5 Å². The van der Waals surface area contributed by atoms with Crippen LogP contribution in [0.15, 0.2) is 41.0 Å². The van der Waals surface area contributed by atoms with E-state index in [1.54, 1.807) is 18.2 Å². The number of hydrogen-bond acceptors (Lipinski definition) is 4. The lowest BCUT2D eigenvalue weighted by Gasteiger charge is -2.06. The van der Waals surface area contributed by atoms with E-state index in [0.717, 1.165) is 0 Å². The summed E-state index contributed by atoms with van der Waals surface area (Å²) >= 11 is 3.18. The molecule has 1 heterocycles. The first kappa shape index (κ1) is 12.4. The van der Waals surface area contributed by atoms with E-state index in [4.69, 9.17) is 0 Å². The van der Waals surface area contributed by atoms with Crippen molar-refractivity contribution in [3.63, 3.8) is 0 Å². The molecule has 0 bridgehead atoms. The highest BCUT2D eigenvalue weighted by atomic mass is 79.9. The van der Waals surface area contributed by atoms with Gasteiger partial charge in [-0.15, -0.1) is 0 Å². The van der Waals surface area contributed by atoms with Crippen molar-refractivity contribution < 1.29 is 15.0 Å². The SMILES string of the molecule is O=C(Nc1cccc(Br)n1)c1cc(O)ccc1O.